The van der Waals surface area contributed by atoms with Gasteiger partial charge in [0.15, 0.2) is 0 Å². The van der Waals surface area contributed by atoms with Crippen LogP contribution in [0.15, 0.2) is 42.6 Å². The summed E-state index contributed by atoms with van der Waals surface area (Å²) in [6.45, 7) is 1.76. The molecule has 0 radical (unpaired) electrons. The van der Waals surface area contributed by atoms with Crippen LogP contribution >= 0.6 is 0 Å². The molecule has 0 saturated carbocycles. The fourth-order valence-corrected chi connectivity index (χ4v) is 1.81. The Labute approximate surface area is 108 Å². The van der Waals surface area contributed by atoms with E-state index < -0.39 is 17.8 Å². The first-order valence-electron chi connectivity index (χ1n) is 5.66. The van der Waals surface area contributed by atoms with Gasteiger partial charge in [-0.15, -0.1) is 0 Å². The summed E-state index contributed by atoms with van der Waals surface area (Å²) < 4.78 is 38.6. The first-order chi connectivity index (χ1) is 8.89. The molecule has 0 aliphatic rings. The third kappa shape index (κ3) is 2.93. The second-order valence-corrected chi connectivity index (χ2v) is 4.22. The maximum atomic E-state index is 12.9. The summed E-state index contributed by atoms with van der Waals surface area (Å²) in [6, 6.07) is 8.21. The number of aliphatic hydroxyl groups excluding tert-OH is 1. The average Bonchev–Trinajstić information content (AvgIpc) is 2.38. The number of benzene rings is 1. The number of aliphatic hydroxyl groups is 1. The number of halogens is 3. The summed E-state index contributed by atoms with van der Waals surface area (Å²) in [7, 11) is 0. The number of pyridine rings is 1. The molecule has 0 saturated heterocycles. The smallest absolute Gasteiger partial charge is 0.384 e. The molecule has 1 unspecified atom stereocenters. The molecule has 19 heavy (non-hydrogen) atoms. The van der Waals surface area contributed by atoms with E-state index in [9.17, 15) is 18.3 Å². The first-order valence-corrected chi connectivity index (χ1v) is 5.66. The molecule has 0 fully saturated rings. The van der Waals surface area contributed by atoms with Gasteiger partial charge in [-0.2, -0.15) is 13.2 Å². The molecule has 100 valence electrons. The van der Waals surface area contributed by atoms with Crippen LogP contribution in [0.2, 0.25) is 0 Å². The second kappa shape index (κ2) is 5.01. The molecule has 1 atom stereocenters. The average molecular weight is 267 g/mol. The van der Waals surface area contributed by atoms with Crippen LogP contribution < -0.4 is 0 Å². The fourth-order valence-electron chi connectivity index (χ4n) is 1.81. The van der Waals surface area contributed by atoms with Crippen molar-refractivity contribution in [2.75, 3.05) is 0 Å². The molecule has 0 aliphatic heterocycles. The zero-order chi connectivity index (χ0) is 14.0. The Kier molecular flexibility index (Phi) is 3.57. The van der Waals surface area contributed by atoms with Crippen molar-refractivity contribution in [1.29, 1.82) is 0 Å². The lowest BCUT2D eigenvalue weighted by Crippen LogP contribution is -2.12. The Morgan fingerprint density at radius 2 is 1.79 bits per heavy atom. The molecule has 1 aromatic carbocycles. The third-order valence-corrected chi connectivity index (χ3v) is 2.81. The molecular formula is C14H12F3NO. The number of hydrogen-bond donors (Lipinski definition) is 1. The van der Waals surface area contributed by atoms with E-state index in [2.05, 4.69) is 4.98 Å². The monoisotopic (exact) mass is 267 g/mol. The Bertz CT molecular complexity index is 564. The standard InChI is InChI=1S/C14H12F3NO/c1-9-6-7-10(8-18-9)13(19)11-4-2-3-5-12(11)14(15,16)17/h2-8,13,19H,1H3. The van der Waals surface area contributed by atoms with Gasteiger partial charge in [-0.1, -0.05) is 24.3 Å². The van der Waals surface area contributed by atoms with E-state index in [0.717, 1.165) is 11.8 Å². The number of rotatable bonds is 2. The van der Waals surface area contributed by atoms with Crippen molar-refractivity contribution in [2.45, 2.75) is 19.2 Å². The zero-order valence-electron chi connectivity index (χ0n) is 10.1. The minimum Gasteiger partial charge on any atom is -0.384 e. The Hall–Kier alpha value is -1.88. The van der Waals surface area contributed by atoms with E-state index in [0.29, 0.717) is 5.56 Å². The van der Waals surface area contributed by atoms with Gasteiger partial charge in [-0.05, 0) is 24.6 Å². The van der Waals surface area contributed by atoms with Gasteiger partial charge in [0.05, 0.1) is 5.56 Å². The lowest BCUT2D eigenvalue weighted by molar-refractivity contribution is -0.139. The van der Waals surface area contributed by atoms with E-state index in [-0.39, 0.29) is 5.56 Å². The van der Waals surface area contributed by atoms with E-state index in [1.54, 1.807) is 19.1 Å². The molecule has 1 N–H and O–H groups in total. The minimum atomic E-state index is -4.49. The number of nitrogens with zero attached hydrogens (tertiary/aromatic N) is 1. The number of aromatic nitrogens is 1. The molecule has 0 bridgehead atoms. The maximum Gasteiger partial charge on any atom is 0.416 e. The fraction of sp³-hybridized carbons (Fsp3) is 0.214. The van der Waals surface area contributed by atoms with Crippen molar-refractivity contribution in [3.8, 4) is 0 Å². The predicted octanol–water partition coefficient (Wildman–Crippen LogP) is 3.49. The van der Waals surface area contributed by atoms with Crippen LogP contribution in [0, 0.1) is 6.92 Å². The zero-order valence-corrected chi connectivity index (χ0v) is 10.1. The van der Waals surface area contributed by atoms with Gasteiger partial charge < -0.3 is 5.11 Å². The van der Waals surface area contributed by atoms with E-state index >= 15 is 0 Å². The van der Waals surface area contributed by atoms with Crippen molar-refractivity contribution in [3.63, 3.8) is 0 Å². The summed E-state index contributed by atoms with van der Waals surface area (Å²) in [5.41, 5.74) is 0.0751. The summed E-state index contributed by atoms with van der Waals surface area (Å²) >= 11 is 0. The second-order valence-electron chi connectivity index (χ2n) is 4.22. The van der Waals surface area contributed by atoms with Crippen LogP contribution in [0.4, 0.5) is 13.2 Å². The van der Waals surface area contributed by atoms with E-state index in [4.69, 9.17) is 0 Å². The van der Waals surface area contributed by atoms with Crippen LogP contribution in [0.25, 0.3) is 0 Å². The summed E-state index contributed by atoms with van der Waals surface area (Å²) in [5, 5.41) is 10.1. The summed E-state index contributed by atoms with van der Waals surface area (Å²) in [5.74, 6) is 0. The van der Waals surface area contributed by atoms with Crippen molar-refractivity contribution < 1.29 is 18.3 Å². The molecule has 2 nitrogen and oxygen atoms in total. The molecule has 0 spiro atoms. The van der Waals surface area contributed by atoms with Gasteiger partial charge in [-0.25, -0.2) is 0 Å². The lowest BCUT2D eigenvalue weighted by Gasteiger charge is -2.17. The summed E-state index contributed by atoms with van der Waals surface area (Å²) in [6.07, 6.45) is -4.45. The molecule has 0 aliphatic carbocycles. The molecule has 2 aromatic rings. The summed E-state index contributed by atoms with van der Waals surface area (Å²) in [4.78, 5) is 3.98. The van der Waals surface area contributed by atoms with Crippen molar-refractivity contribution in [3.05, 3.63) is 65.0 Å². The topological polar surface area (TPSA) is 33.1 Å². The Morgan fingerprint density at radius 3 is 2.37 bits per heavy atom. The van der Waals surface area contributed by atoms with Crippen molar-refractivity contribution >= 4 is 0 Å². The highest BCUT2D eigenvalue weighted by Gasteiger charge is 2.34. The first kappa shape index (κ1) is 13.5. The third-order valence-electron chi connectivity index (χ3n) is 2.81. The number of aryl methyl sites for hydroxylation is 1. The van der Waals surface area contributed by atoms with E-state index in [1.807, 2.05) is 0 Å². The van der Waals surface area contributed by atoms with Crippen LogP contribution in [-0.4, -0.2) is 10.1 Å². The van der Waals surface area contributed by atoms with Gasteiger partial charge >= 0.3 is 6.18 Å². The molecular weight excluding hydrogens is 255 g/mol. The highest BCUT2D eigenvalue weighted by atomic mass is 19.4. The Balaban J connectivity index is 2.44. The van der Waals surface area contributed by atoms with Gasteiger partial charge in [0.1, 0.15) is 6.10 Å². The SMILES string of the molecule is Cc1ccc(C(O)c2ccccc2C(F)(F)F)cn1. The molecule has 5 heteroatoms. The van der Waals surface area contributed by atoms with Crippen LogP contribution in [0.1, 0.15) is 28.5 Å². The normalized spacial score (nSPS) is 13.3. The van der Waals surface area contributed by atoms with Crippen LogP contribution in [0.5, 0.6) is 0 Å². The van der Waals surface area contributed by atoms with Crippen molar-refractivity contribution in [2.24, 2.45) is 0 Å². The van der Waals surface area contributed by atoms with Gasteiger partial charge in [-0.3, -0.25) is 4.98 Å². The molecule has 1 aromatic heterocycles. The largest absolute Gasteiger partial charge is 0.416 e. The van der Waals surface area contributed by atoms with Crippen molar-refractivity contribution in [1.82, 2.24) is 4.98 Å². The number of hydrogen-bond acceptors (Lipinski definition) is 2. The van der Waals surface area contributed by atoms with E-state index in [1.165, 1.54) is 24.4 Å². The molecule has 2 rings (SSSR count). The van der Waals surface area contributed by atoms with Gasteiger partial charge in [0.2, 0.25) is 0 Å². The van der Waals surface area contributed by atoms with Crippen LogP contribution in [-0.2, 0) is 6.18 Å². The highest BCUT2D eigenvalue weighted by Crippen LogP contribution is 2.36. The van der Waals surface area contributed by atoms with Gasteiger partial charge in [0, 0.05) is 17.5 Å². The molecule has 0 amide bonds. The lowest BCUT2D eigenvalue weighted by atomic mass is 9.97. The number of alkyl halides is 3. The Morgan fingerprint density at radius 1 is 1.11 bits per heavy atom. The highest BCUT2D eigenvalue weighted by molar-refractivity contribution is 5.36. The minimum absolute atomic E-state index is 0.166. The molecule has 1 heterocycles. The maximum absolute atomic E-state index is 12.9. The quantitative estimate of drug-likeness (QED) is 0.903. The van der Waals surface area contributed by atoms with Crippen LogP contribution in [0.3, 0.4) is 0 Å². The predicted molar refractivity (Wildman–Crippen MR) is 64.5 cm³/mol. The van der Waals surface area contributed by atoms with Gasteiger partial charge in [0.25, 0.3) is 0 Å².